The number of nitrogens with one attached hydrogen (secondary N) is 1. The van der Waals surface area contributed by atoms with Gasteiger partial charge in [-0.3, -0.25) is 9.59 Å². The van der Waals surface area contributed by atoms with Crippen LogP contribution in [0.5, 0.6) is 0 Å². The molecular formula is C18H29N3O3. The Kier molecular flexibility index (Phi) is 4.52. The van der Waals surface area contributed by atoms with Crippen LogP contribution < -0.4 is 5.32 Å². The lowest BCUT2D eigenvalue weighted by molar-refractivity contribution is -0.144. The number of carbonyl (C=O) groups is 2. The molecule has 2 unspecified atom stereocenters. The first-order chi connectivity index (χ1) is 11.7. The number of nitrogens with zero attached hydrogens (tertiary/aromatic N) is 2. The van der Waals surface area contributed by atoms with Gasteiger partial charge in [0.25, 0.3) is 0 Å². The second kappa shape index (κ2) is 6.64. The van der Waals surface area contributed by atoms with Crippen LogP contribution >= 0.6 is 0 Å². The molecule has 0 bridgehead atoms. The molecule has 6 nitrogen and oxygen atoms in total. The molecule has 4 aliphatic rings. The van der Waals surface area contributed by atoms with Crippen molar-refractivity contribution in [1.29, 1.82) is 0 Å². The third-order valence-electron chi connectivity index (χ3n) is 6.49. The molecule has 3 aliphatic heterocycles. The molecule has 4 rings (SSSR count). The van der Waals surface area contributed by atoms with Crippen molar-refractivity contribution in [2.75, 3.05) is 52.5 Å². The smallest absolute Gasteiger partial charge is 0.227 e. The quantitative estimate of drug-likeness (QED) is 0.797. The van der Waals surface area contributed by atoms with Crippen molar-refractivity contribution in [3.63, 3.8) is 0 Å². The van der Waals surface area contributed by atoms with Crippen LogP contribution in [0.4, 0.5) is 0 Å². The van der Waals surface area contributed by atoms with Crippen molar-refractivity contribution in [2.45, 2.75) is 32.1 Å². The lowest BCUT2D eigenvalue weighted by atomic mass is 9.90. The molecule has 1 saturated carbocycles. The number of amides is 2. The Bertz CT molecular complexity index is 498. The third kappa shape index (κ3) is 3.06. The Morgan fingerprint density at radius 2 is 1.75 bits per heavy atom. The van der Waals surface area contributed by atoms with Crippen LogP contribution in [0.2, 0.25) is 0 Å². The van der Waals surface area contributed by atoms with Gasteiger partial charge in [0.1, 0.15) is 0 Å². The number of carbonyl (C=O) groups excluding carboxylic acids is 2. The number of ether oxygens (including phenoxy) is 1. The first kappa shape index (κ1) is 16.3. The number of morpholine rings is 1. The molecule has 6 heteroatoms. The lowest BCUT2D eigenvalue weighted by Crippen LogP contribution is -2.50. The third-order valence-corrected chi connectivity index (χ3v) is 6.49. The molecule has 1 spiro atoms. The monoisotopic (exact) mass is 335 g/mol. The van der Waals surface area contributed by atoms with Crippen LogP contribution in [0.1, 0.15) is 32.1 Å². The molecule has 3 heterocycles. The normalized spacial score (nSPS) is 32.7. The van der Waals surface area contributed by atoms with Gasteiger partial charge in [0.05, 0.1) is 19.1 Å². The van der Waals surface area contributed by atoms with Crippen molar-refractivity contribution in [3.8, 4) is 0 Å². The van der Waals surface area contributed by atoms with Gasteiger partial charge in [0.15, 0.2) is 0 Å². The molecule has 2 amide bonds. The van der Waals surface area contributed by atoms with Crippen molar-refractivity contribution in [2.24, 2.45) is 17.3 Å². The topological polar surface area (TPSA) is 61.9 Å². The fourth-order valence-corrected chi connectivity index (χ4v) is 4.82. The van der Waals surface area contributed by atoms with E-state index < -0.39 is 0 Å². The highest BCUT2D eigenvalue weighted by Crippen LogP contribution is 2.59. The Balaban J connectivity index is 1.34. The Morgan fingerprint density at radius 1 is 1.00 bits per heavy atom. The maximum atomic E-state index is 12.9. The fourth-order valence-electron chi connectivity index (χ4n) is 4.82. The molecule has 0 aromatic rings. The fraction of sp³-hybridized carbons (Fsp3) is 0.889. The van der Waals surface area contributed by atoms with E-state index in [1.165, 1.54) is 0 Å². The van der Waals surface area contributed by atoms with E-state index in [1.807, 2.05) is 9.80 Å². The van der Waals surface area contributed by atoms with E-state index in [4.69, 9.17) is 4.74 Å². The molecule has 24 heavy (non-hydrogen) atoms. The highest BCUT2D eigenvalue weighted by Gasteiger charge is 2.58. The standard InChI is InChI=1S/C18H29N3O3/c22-16(20-8-10-24-11-9-20)14-2-1-7-21(13-14)17(23)15-12-18(15)3-5-19-6-4-18/h14-15,19H,1-13H2. The maximum absolute atomic E-state index is 12.9. The molecule has 3 saturated heterocycles. The van der Waals surface area contributed by atoms with E-state index in [-0.39, 0.29) is 23.2 Å². The zero-order valence-corrected chi connectivity index (χ0v) is 14.5. The summed E-state index contributed by atoms with van der Waals surface area (Å²) in [6.45, 7) is 6.21. The SMILES string of the molecule is O=C(C1CCCN(C(=O)C2CC23CCNCC3)C1)N1CCOCC1. The minimum atomic E-state index is -0.0106. The van der Waals surface area contributed by atoms with E-state index in [1.54, 1.807) is 0 Å². The highest BCUT2D eigenvalue weighted by molar-refractivity contribution is 5.84. The summed E-state index contributed by atoms with van der Waals surface area (Å²) >= 11 is 0. The van der Waals surface area contributed by atoms with Gasteiger partial charge in [-0.25, -0.2) is 0 Å². The first-order valence-electron chi connectivity index (χ1n) is 9.56. The van der Waals surface area contributed by atoms with Gasteiger partial charge in [-0.15, -0.1) is 0 Å². The second-order valence-electron chi connectivity index (χ2n) is 7.93. The summed E-state index contributed by atoms with van der Waals surface area (Å²) in [5, 5.41) is 3.39. The average molecular weight is 335 g/mol. The average Bonchev–Trinajstić information content (AvgIpc) is 3.34. The molecule has 1 N–H and O–H groups in total. The molecule has 0 aromatic carbocycles. The second-order valence-corrected chi connectivity index (χ2v) is 7.93. The lowest BCUT2D eigenvalue weighted by Gasteiger charge is -2.36. The summed E-state index contributed by atoms with van der Waals surface area (Å²) < 4.78 is 5.34. The van der Waals surface area contributed by atoms with Crippen LogP contribution in [0.25, 0.3) is 0 Å². The van der Waals surface area contributed by atoms with Crippen LogP contribution in [0.3, 0.4) is 0 Å². The molecule has 2 atom stereocenters. The van der Waals surface area contributed by atoms with Gasteiger partial charge in [-0.05, 0) is 50.6 Å². The van der Waals surface area contributed by atoms with E-state index in [0.717, 1.165) is 51.7 Å². The minimum Gasteiger partial charge on any atom is -0.378 e. The van der Waals surface area contributed by atoms with E-state index in [2.05, 4.69) is 5.32 Å². The minimum absolute atomic E-state index is 0.0106. The van der Waals surface area contributed by atoms with Gasteiger partial charge in [-0.1, -0.05) is 0 Å². The van der Waals surface area contributed by atoms with Crippen LogP contribution in [0, 0.1) is 17.3 Å². The zero-order valence-electron chi connectivity index (χ0n) is 14.5. The first-order valence-corrected chi connectivity index (χ1v) is 9.56. The number of hydrogen-bond donors (Lipinski definition) is 1. The summed E-state index contributed by atoms with van der Waals surface area (Å²) in [5.41, 5.74) is 0.281. The Hall–Kier alpha value is -1.14. The van der Waals surface area contributed by atoms with E-state index in [9.17, 15) is 9.59 Å². The number of piperidine rings is 2. The highest BCUT2D eigenvalue weighted by atomic mass is 16.5. The summed E-state index contributed by atoms with van der Waals surface area (Å²) in [5.74, 6) is 0.750. The van der Waals surface area contributed by atoms with Crippen molar-refractivity contribution in [1.82, 2.24) is 15.1 Å². The van der Waals surface area contributed by atoms with Crippen LogP contribution in [0.15, 0.2) is 0 Å². The summed E-state index contributed by atoms with van der Waals surface area (Å²) in [6.07, 6.45) is 5.19. The predicted molar refractivity (Wildman–Crippen MR) is 89.3 cm³/mol. The van der Waals surface area contributed by atoms with Gasteiger partial charge < -0.3 is 19.9 Å². The molecule has 1 aliphatic carbocycles. The van der Waals surface area contributed by atoms with Crippen molar-refractivity contribution >= 4 is 11.8 Å². The predicted octanol–water partition coefficient (Wildman–Crippen LogP) is 0.474. The zero-order chi connectivity index (χ0) is 16.6. The largest absolute Gasteiger partial charge is 0.378 e. The van der Waals surface area contributed by atoms with E-state index >= 15 is 0 Å². The molecule has 0 radical (unpaired) electrons. The summed E-state index contributed by atoms with van der Waals surface area (Å²) in [4.78, 5) is 29.6. The van der Waals surface area contributed by atoms with E-state index in [0.29, 0.717) is 38.8 Å². The molecule has 134 valence electrons. The Labute approximate surface area is 143 Å². The van der Waals surface area contributed by atoms with Crippen molar-refractivity contribution < 1.29 is 14.3 Å². The van der Waals surface area contributed by atoms with Gasteiger partial charge >= 0.3 is 0 Å². The van der Waals surface area contributed by atoms with Crippen LogP contribution in [-0.4, -0.2) is 74.1 Å². The number of hydrogen-bond acceptors (Lipinski definition) is 4. The maximum Gasteiger partial charge on any atom is 0.227 e. The number of likely N-dealkylation sites (tertiary alicyclic amines) is 1. The number of rotatable bonds is 2. The van der Waals surface area contributed by atoms with Gasteiger partial charge in [-0.2, -0.15) is 0 Å². The molecular weight excluding hydrogens is 306 g/mol. The molecule has 0 aromatic heterocycles. The van der Waals surface area contributed by atoms with Gasteiger partial charge in [0.2, 0.25) is 11.8 Å². The van der Waals surface area contributed by atoms with Gasteiger partial charge in [0, 0.05) is 32.1 Å². The molecule has 4 fully saturated rings. The van der Waals surface area contributed by atoms with Crippen molar-refractivity contribution in [3.05, 3.63) is 0 Å². The Morgan fingerprint density at radius 3 is 2.50 bits per heavy atom. The summed E-state index contributed by atoms with van der Waals surface area (Å²) in [6, 6.07) is 0. The summed E-state index contributed by atoms with van der Waals surface area (Å²) in [7, 11) is 0. The van der Waals surface area contributed by atoms with Crippen LogP contribution in [-0.2, 0) is 14.3 Å².